The highest BCUT2D eigenvalue weighted by Gasteiger charge is 2.06. The van der Waals surface area contributed by atoms with Crippen LogP contribution >= 0.6 is 0 Å². The molecule has 0 spiro atoms. The van der Waals surface area contributed by atoms with Gasteiger partial charge in [-0.2, -0.15) is 0 Å². The number of ether oxygens (including phenoxy) is 1. The molecule has 0 amide bonds. The Kier molecular flexibility index (Phi) is 3.68. The molecule has 0 aromatic heterocycles. The molecule has 0 radical (unpaired) electrons. The summed E-state index contributed by atoms with van der Waals surface area (Å²) in [6.45, 7) is 1.93. The molecule has 2 rings (SSSR count). The molecule has 0 atom stereocenters. The molecule has 0 aliphatic heterocycles. The highest BCUT2D eigenvalue weighted by Crippen LogP contribution is 2.30. The van der Waals surface area contributed by atoms with Crippen LogP contribution in [0.4, 0.5) is 0 Å². The van der Waals surface area contributed by atoms with E-state index in [0.29, 0.717) is 0 Å². The number of rotatable bonds is 3. The first-order valence-corrected chi connectivity index (χ1v) is 5.82. The zero-order valence-corrected chi connectivity index (χ0v) is 10.6. The highest BCUT2D eigenvalue weighted by atomic mass is 16.5. The summed E-state index contributed by atoms with van der Waals surface area (Å²) in [7, 11) is 1.63. The first-order chi connectivity index (χ1) is 8.72. The van der Waals surface area contributed by atoms with Gasteiger partial charge in [0.2, 0.25) is 0 Å². The van der Waals surface area contributed by atoms with Crippen LogP contribution in [-0.4, -0.2) is 12.2 Å². The Morgan fingerprint density at radius 2 is 1.72 bits per heavy atom. The van der Waals surface area contributed by atoms with Crippen molar-refractivity contribution < 1.29 is 9.84 Å². The molecule has 0 aliphatic carbocycles. The Morgan fingerprint density at radius 3 is 2.39 bits per heavy atom. The van der Waals surface area contributed by atoms with Crippen molar-refractivity contribution in [1.29, 1.82) is 0 Å². The lowest BCUT2D eigenvalue weighted by Crippen LogP contribution is -1.90. The van der Waals surface area contributed by atoms with Crippen LogP contribution in [-0.2, 0) is 0 Å². The number of methoxy groups -OCH3 is 1. The van der Waals surface area contributed by atoms with Crippen molar-refractivity contribution in [2.75, 3.05) is 7.11 Å². The lowest BCUT2D eigenvalue weighted by Gasteiger charge is -2.09. The second kappa shape index (κ2) is 5.41. The topological polar surface area (TPSA) is 29.5 Å². The van der Waals surface area contributed by atoms with Gasteiger partial charge in [-0.05, 0) is 24.6 Å². The molecule has 0 bridgehead atoms. The van der Waals surface area contributed by atoms with E-state index in [-0.39, 0.29) is 5.75 Å². The van der Waals surface area contributed by atoms with Gasteiger partial charge in [0.15, 0.2) is 0 Å². The van der Waals surface area contributed by atoms with Crippen LogP contribution in [0.1, 0.15) is 16.7 Å². The molecular formula is C16H16O2. The summed E-state index contributed by atoms with van der Waals surface area (Å²) in [5.41, 5.74) is 2.82. The van der Waals surface area contributed by atoms with E-state index in [1.807, 2.05) is 49.4 Å². The van der Waals surface area contributed by atoms with Crippen LogP contribution in [0.25, 0.3) is 12.2 Å². The summed E-state index contributed by atoms with van der Waals surface area (Å²) >= 11 is 0. The monoisotopic (exact) mass is 240 g/mol. The van der Waals surface area contributed by atoms with Crippen molar-refractivity contribution in [1.82, 2.24) is 0 Å². The van der Waals surface area contributed by atoms with Crippen LogP contribution in [0.5, 0.6) is 11.5 Å². The second-order valence-corrected chi connectivity index (χ2v) is 4.07. The molecule has 0 heterocycles. The maximum atomic E-state index is 9.88. The fourth-order valence-electron chi connectivity index (χ4n) is 1.87. The van der Waals surface area contributed by atoms with Crippen LogP contribution in [0, 0.1) is 6.92 Å². The van der Waals surface area contributed by atoms with Crippen molar-refractivity contribution in [2.45, 2.75) is 6.92 Å². The van der Waals surface area contributed by atoms with Gasteiger partial charge in [-0.15, -0.1) is 0 Å². The molecule has 92 valence electrons. The number of benzene rings is 2. The Bertz CT molecular complexity index is 557. The van der Waals surface area contributed by atoms with Crippen molar-refractivity contribution in [2.24, 2.45) is 0 Å². The summed E-state index contributed by atoms with van der Waals surface area (Å²) in [6.07, 6.45) is 3.88. The summed E-state index contributed by atoms with van der Waals surface area (Å²) in [5, 5.41) is 9.88. The van der Waals surface area contributed by atoms with Gasteiger partial charge in [-0.1, -0.05) is 42.5 Å². The smallest absolute Gasteiger partial charge is 0.123 e. The molecule has 0 fully saturated rings. The first-order valence-electron chi connectivity index (χ1n) is 5.82. The Hall–Kier alpha value is -2.22. The van der Waals surface area contributed by atoms with Gasteiger partial charge in [-0.25, -0.2) is 0 Å². The number of phenolic OH excluding ortho intramolecular Hbond substituents is 1. The average molecular weight is 240 g/mol. The summed E-state index contributed by atoms with van der Waals surface area (Å²) in [4.78, 5) is 0. The molecular weight excluding hydrogens is 224 g/mol. The van der Waals surface area contributed by atoms with E-state index in [4.69, 9.17) is 4.74 Å². The maximum absolute atomic E-state index is 9.88. The van der Waals surface area contributed by atoms with Gasteiger partial charge in [0.05, 0.1) is 7.11 Å². The minimum absolute atomic E-state index is 0.264. The molecule has 0 unspecified atom stereocenters. The Morgan fingerprint density at radius 1 is 1.00 bits per heavy atom. The van der Waals surface area contributed by atoms with E-state index in [1.165, 1.54) is 0 Å². The van der Waals surface area contributed by atoms with Gasteiger partial charge in [0.25, 0.3) is 0 Å². The Balaban J connectivity index is 2.37. The lowest BCUT2D eigenvalue weighted by molar-refractivity contribution is 0.408. The van der Waals surface area contributed by atoms with Crippen LogP contribution in [0.15, 0.2) is 42.5 Å². The SMILES string of the molecule is COc1ccc(O)c(C=Cc2ccccc2)c1C. The van der Waals surface area contributed by atoms with E-state index in [2.05, 4.69) is 0 Å². The molecule has 2 aromatic carbocycles. The molecule has 18 heavy (non-hydrogen) atoms. The van der Waals surface area contributed by atoms with Crippen molar-refractivity contribution in [3.63, 3.8) is 0 Å². The Labute approximate surface area is 107 Å². The first kappa shape index (κ1) is 12.2. The fraction of sp³-hybridized carbons (Fsp3) is 0.125. The zero-order chi connectivity index (χ0) is 13.0. The standard InChI is InChI=1S/C16H16O2/c1-12-14(15(17)10-11-16(12)18-2)9-8-13-6-4-3-5-7-13/h3-11,17H,1-2H3. The minimum Gasteiger partial charge on any atom is -0.507 e. The zero-order valence-electron chi connectivity index (χ0n) is 10.6. The van der Waals surface area contributed by atoms with Crippen LogP contribution in [0.3, 0.4) is 0 Å². The normalized spacial score (nSPS) is 10.8. The molecule has 0 aliphatic rings. The van der Waals surface area contributed by atoms with Gasteiger partial charge < -0.3 is 9.84 Å². The number of phenols is 1. The largest absolute Gasteiger partial charge is 0.507 e. The molecule has 1 N–H and O–H groups in total. The summed E-state index contributed by atoms with van der Waals surface area (Å²) in [6, 6.07) is 13.4. The van der Waals surface area contributed by atoms with Gasteiger partial charge in [-0.3, -0.25) is 0 Å². The number of hydrogen-bond donors (Lipinski definition) is 1. The third-order valence-electron chi connectivity index (χ3n) is 2.90. The predicted molar refractivity (Wildman–Crippen MR) is 74.8 cm³/mol. The van der Waals surface area contributed by atoms with E-state index in [1.54, 1.807) is 19.2 Å². The van der Waals surface area contributed by atoms with Crippen LogP contribution < -0.4 is 4.74 Å². The lowest BCUT2D eigenvalue weighted by atomic mass is 10.0. The second-order valence-electron chi connectivity index (χ2n) is 4.07. The third-order valence-corrected chi connectivity index (χ3v) is 2.90. The van der Waals surface area contributed by atoms with E-state index in [0.717, 1.165) is 22.4 Å². The van der Waals surface area contributed by atoms with Crippen LogP contribution in [0.2, 0.25) is 0 Å². The molecule has 2 nitrogen and oxygen atoms in total. The average Bonchev–Trinajstić information content (AvgIpc) is 2.40. The highest BCUT2D eigenvalue weighted by molar-refractivity contribution is 5.75. The van der Waals surface area contributed by atoms with Crippen molar-refractivity contribution >= 4 is 12.2 Å². The molecule has 2 aromatic rings. The van der Waals surface area contributed by atoms with Gasteiger partial charge in [0, 0.05) is 11.1 Å². The summed E-state index contributed by atoms with van der Waals surface area (Å²) in [5.74, 6) is 1.04. The fourth-order valence-corrected chi connectivity index (χ4v) is 1.87. The number of aromatic hydroxyl groups is 1. The van der Waals surface area contributed by atoms with Crippen molar-refractivity contribution in [3.8, 4) is 11.5 Å². The van der Waals surface area contributed by atoms with E-state index < -0.39 is 0 Å². The maximum Gasteiger partial charge on any atom is 0.123 e. The van der Waals surface area contributed by atoms with Crippen molar-refractivity contribution in [3.05, 3.63) is 59.2 Å². The number of hydrogen-bond acceptors (Lipinski definition) is 2. The van der Waals surface area contributed by atoms with E-state index in [9.17, 15) is 5.11 Å². The molecule has 0 saturated heterocycles. The summed E-state index contributed by atoms with van der Waals surface area (Å²) < 4.78 is 5.25. The predicted octanol–water partition coefficient (Wildman–Crippen LogP) is 3.88. The molecule has 2 heteroatoms. The van der Waals surface area contributed by atoms with Gasteiger partial charge in [0.1, 0.15) is 11.5 Å². The third kappa shape index (κ3) is 2.54. The molecule has 0 saturated carbocycles. The van der Waals surface area contributed by atoms with Gasteiger partial charge >= 0.3 is 0 Å². The quantitative estimate of drug-likeness (QED) is 0.825. The van der Waals surface area contributed by atoms with E-state index >= 15 is 0 Å². The minimum atomic E-state index is 0.264.